The lowest BCUT2D eigenvalue weighted by Crippen LogP contribution is -2.27. The SMILES string of the molecule is CC/C=C\C(F)(F)C(=O)OC. The van der Waals surface area contributed by atoms with Gasteiger partial charge >= 0.3 is 11.9 Å². The summed E-state index contributed by atoms with van der Waals surface area (Å²) in [5.41, 5.74) is 0. The summed E-state index contributed by atoms with van der Waals surface area (Å²) in [4.78, 5) is 10.3. The van der Waals surface area contributed by atoms with Gasteiger partial charge in [-0.15, -0.1) is 0 Å². The van der Waals surface area contributed by atoms with Crippen molar-refractivity contribution in [3.05, 3.63) is 12.2 Å². The highest BCUT2D eigenvalue weighted by atomic mass is 19.3. The molecule has 0 bridgehead atoms. The van der Waals surface area contributed by atoms with E-state index < -0.39 is 11.9 Å². The van der Waals surface area contributed by atoms with Crippen LogP contribution in [0.4, 0.5) is 8.78 Å². The highest BCUT2D eigenvalue weighted by Gasteiger charge is 2.36. The van der Waals surface area contributed by atoms with Crippen LogP contribution in [0.15, 0.2) is 12.2 Å². The third-order valence-electron chi connectivity index (χ3n) is 1.02. The van der Waals surface area contributed by atoms with E-state index in [1.54, 1.807) is 6.92 Å². The van der Waals surface area contributed by atoms with Crippen LogP contribution in [-0.2, 0) is 9.53 Å². The fraction of sp³-hybridized carbons (Fsp3) is 0.571. The minimum absolute atomic E-state index is 0.465. The molecule has 0 fully saturated rings. The maximum atomic E-state index is 12.4. The van der Waals surface area contributed by atoms with E-state index in [-0.39, 0.29) is 0 Å². The van der Waals surface area contributed by atoms with E-state index in [9.17, 15) is 13.6 Å². The summed E-state index contributed by atoms with van der Waals surface area (Å²) in [6.07, 6.45) is 2.22. The van der Waals surface area contributed by atoms with Crippen LogP contribution >= 0.6 is 0 Å². The van der Waals surface area contributed by atoms with Gasteiger partial charge in [0.1, 0.15) is 0 Å². The summed E-state index contributed by atoms with van der Waals surface area (Å²) in [5.74, 6) is -5.01. The second-order valence-corrected chi connectivity index (χ2v) is 1.93. The molecule has 0 aliphatic heterocycles. The summed E-state index contributed by atoms with van der Waals surface area (Å²) < 4.78 is 28.8. The molecule has 0 atom stereocenters. The van der Waals surface area contributed by atoms with Crippen molar-refractivity contribution in [1.29, 1.82) is 0 Å². The van der Waals surface area contributed by atoms with E-state index in [0.717, 1.165) is 7.11 Å². The van der Waals surface area contributed by atoms with Crippen LogP contribution in [-0.4, -0.2) is 19.0 Å². The lowest BCUT2D eigenvalue weighted by Gasteiger charge is -2.07. The Bertz CT molecular complexity index is 164. The van der Waals surface area contributed by atoms with E-state index in [0.29, 0.717) is 12.5 Å². The Morgan fingerprint density at radius 2 is 2.18 bits per heavy atom. The molecule has 0 saturated heterocycles. The minimum atomic E-state index is -3.48. The Balaban J connectivity index is 4.20. The number of carbonyl (C=O) groups is 1. The van der Waals surface area contributed by atoms with E-state index >= 15 is 0 Å². The second kappa shape index (κ2) is 4.05. The summed E-state index contributed by atoms with van der Waals surface area (Å²) in [7, 11) is 0.927. The van der Waals surface area contributed by atoms with Crippen molar-refractivity contribution in [2.24, 2.45) is 0 Å². The lowest BCUT2D eigenvalue weighted by atomic mass is 10.3. The molecule has 64 valence electrons. The van der Waals surface area contributed by atoms with Gasteiger partial charge in [-0.25, -0.2) is 4.79 Å². The van der Waals surface area contributed by atoms with Crippen molar-refractivity contribution in [2.45, 2.75) is 19.3 Å². The Kier molecular flexibility index (Phi) is 3.71. The van der Waals surface area contributed by atoms with Crippen molar-refractivity contribution in [1.82, 2.24) is 0 Å². The van der Waals surface area contributed by atoms with Crippen molar-refractivity contribution in [3.8, 4) is 0 Å². The Morgan fingerprint density at radius 1 is 1.64 bits per heavy atom. The van der Waals surface area contributed by atoms with Gasteiger partial charge in [0.25, 0.3) is 0 Å². The zero-order valence-corrected chi connectivity index (χ0v) is 6.43. The zero-order valence-electron chi connectivity index (χ0n) is 6.43. The predicted molar refractivity (Wildman–Crippen MR) is 36.4 cm³/mol. The molecule has 4 heteroatoms. The van der Waals surface area contributed by atoms with E-state index in [4.69, 9.17) is 0 Å². The lowest BCUT2D eigenvalue weighted by molar-refractivity contribution is -0.161. The normalized spacial score (nSPS) is 12.0. The first kappa shape index (κ1) is 10.1. The predicted octanol–water partition coefficient (Wildman–Crippen LogP) is 1.76. The van der Waals surface area contributed by atoms with Crippen LogP contribution in [0.1, 0.15) is 13.3 Å². The molecule has 0 aliphatic carbocycles. The fourth-order valence-corrected chi connectivity index (χ4v) is 0.470. The molecule has 0 unspecified atom stereocenters. The van der Waals surface area contributed by atoms with Gasteiger partial charge in [-0.05, 0) is 12.5 Å². The Hall–Kier alpha value is -0.930. The molecule has 0 aromatic rings. The van der Waals surface area contributed by atoms with Crippen molar-refractivity contribution >= 4 is 5.97 Å². The monoisotopic (exact) mass is 164 g/mol. The third kappa shape index (κ3) is 3.11. The minimum Gasteiger partial charge on any atom is -0.464 e. The highest BCUT2D eigenvalue weighted by Crippen LogP contribution is 2.16. The van der Waals surface area contributed by atoms with Gasteiger partial charge < -0.3 is 4.74 Å². The molecule has 0 rings (SSSR count). The van der Waals surface area contributed by atoms with E-state index in [1.807, 2.05) is 0 Å². The first-order chi connectivity index (χ1) is 5.04. The number of halogens is 2. The van der Waals surface area contributed by atoms with Crippen LogP contribution in [0.2, 0.25) is 0 Å². The molecule has 0 aliphatic rings. The number of allylic oxidation sites excluding steroid dienone is 1. The van der Waals surface area contributed by atoms with Crippen LogP contribution in [0.25, 0.3) is 0 Å². The second-order valence-electron chi connectivity index (χ2n) is 1.93. The van der Waals surface area contributed by atoms with Gasteiger partial charge in [0.05, 0.1) is 7.11 Å². The molecule has 0 heterocycles. The first-order valence-electron chi connectivity index (χ1n) is 3.18. The number of hydrogen-bond donors (Lipinski definition) is 0. The standard InChI is InChI=1S/C7H10F2O2/c1-3-4-5-7(8,9)6(10)11-2/h4-5H,3H2,1-2H3/b5-4-. The molecule has 0 aromatic heterocycles. The maximum Gasteiger partial charge on any atom is 0.381 e. The number of rotatable bonds is 3. The first-order valence-corrected chi connectivity index (χ1v) is 3.18. The summed E-state index contributed by atoms with van der Waals surface area (Å²) >= 11 is 0. The van der Waals surface area contributed by atoms with Gasteiger partial charge in [-0.1, -0.05) is 13.0 Å². The van der Waals surface area contributed by atoms with Gasteiger partial charge in [-0.2, -0.15) is 8.78 Å². The fourth-order valence-electron chi connectivity index (χ4n) is 0.470. The van der Waals surface area contributed by atoms with E-state index in [1.165, 1.54) is 6.08 Å². The molecule has 11 heavy (non-hydrogen) atoms. The molecule has 0 aromatic carbocycles. The maximum absolute atomic E-state index is 12.4. The van der Waals surface area contributed by atoms with Gasteiger partial charge in [0.2, 0.25) is 0 Å². The zero-order chi connectivity index (χ0) is 8.91. The molecular formula is C7H10F2O2. The van der Waals surface area contributed by atoms with E-state index in [2.05, 4.69) is 4.74 Å². The molecular weight excluding hydrogens is 154 g/mol. The van der Waals surface area contributed by atoms with Crippen LogP contribution in [0.3, 0.4) is 0 Å². The Morgan fingerprint density at radius 3 is 2.55 bits per heavy atom. The van der Waals surface area contributed by atoms with Gasteiger partial charge in [-0.3, -0.25) is 0 Å². The molecule has 2 nitrogen and oxygen atoms in total. The Labute approximate surface area is 63.8 Å². The summed E-state index contributed by atoms with van der Waals surface area (Å²) in [6.45, 7) is 1.70. The van der Waals surface area contributed by atoms with Crippen LogP contribution in [0, 0.1) is 0 Å². The number of carbonyl (C=O) groups excluding carboxylic acids is 1. The van der Waals surface area contributed by atoms with Crippen molar-refractivity contribution in [2.75, 3.05) is 7.11 Å². The number of esters is 1. The number of ether oxygens (including phenoxy) is 1. The highest BCUT2D eigenvalue weighted by molar-refractivity contribution is 5.79. The third-order valence-corrected chi connectivity index (χ3v) is 1.02. The number of methoxy groups -OCH3 is 1. The molecule has 0 amide bonds. The summed E-state index contributed by atoms with van der Waals surface area (Å²) in [5, 5.41) is 0. The van der Waals surface area contributed by atoms with Gasteiger partial charge in [0.15, 0.2) is 0 Å². The molecule has 0 radical (unpaired) electrons. The average molecular weight is 164 g/mol. The smallest absolute Gasteiger partial charge is 0.381 e. The molecule has 0 saturated carbocycles. The van der Waals surface area contributed by atoms with Crippen molar-refractivity contribution in [3.63, 3.8) is 0 Å². The number of hydrogen-bond acceptors (Lipinski definition) is 2. The average Bonchev–Trinajstić information content (AvgIpc) is 1.99. The summed E-state index contributed by atoms with van der Waals surface area (Å²) in [6, 6.07) is 0. The topological polar surface area (TPSA) is 26.3 Å². The largest absolute Gasteiger partial charge is 0.464 e. The quantitative estimate of drug-likeness (QED) is 0.469. The van der Waals surface area contributed by atoms with Gasteiger partial charge in [0, 0.05) is 0 Å². The number of alkyl halides is 2. The van der Waals surface area contributed by atoms with Crippen molar-refractivity contribution < 1.29 is 18.3 Å². The van der Waals surface area contributed by atoms with Crippen LogP contribution in [0.5, 0.6) is 0 Å². The van der Waals surface area contributed by atoms with Crippen LogP contribution < -0.4 is 0 Å². The molecule has 0 N–H and O–H groups in total. The molecule has 0 spiro atoms.